The van der Waals surface area contributed by atoms with Crippen molar-refractivity contribution in [3.63, 3.8) is 0 Å². The van der Waals surface area contributed by atoms with Gasteiger partial charge in [-0.05, 0) is 47.3 Å². The van der Waals surface area contributed by atoms with E-state index in [4.69, 9.17) is 4.42 Å². The SMILES string of the molecule is CC(C)C1(Cc2occc2Br)CCCN1. The lowest BCUT2D eigenvalue weighted by atomic mass is 9.81. The van der Waals surface area contributed by atoms with Crippen LogP contribution in [0.3, 0.4) is 0 Å². The largest absolute Gasteiger partial charge is 0.468 e. The molecule has 15 heavy (non-hydrogen) atoms. The minimum Gasteiger partial charge on any atom is -0.468 e. The van der Waals surface area contributed by atoms with Gasteiger partial charge in [-0.1, -0.05) is 13.8 Å². The van der Waals surface area contributed by atoms with E-state index in [1.165, 1.54) is 12.8 Å². The summed E-state index contributed by atoms with van der Waals surface area (Å²) in [6.07, 6.45) is 5.26. The van der Waals surface area contributed by atoms with E-state index in [0.717, 1.165) is 23.2 Å². The molecule has 0 bridgehead atoms. The molecule has 1 atom stereocenters. The van der Waals surface area contributed by atoms with Crippen LogP contribution in [0.5, 0.6) is 0 Å². The van der Waals surface area contributed by atoms with Crippen LogP contribution in [-0.4, -0.2) is 12.1 Å². The predicted octanol–water partition coefficient (Wildman–Crippen LogP) is 3.36. The van der Waals surface area contributed by atoms with Crippen LogP contribution >= 0.6 is 15.9 Å². The van der Waals surface area contributed by atoms with Crippen molar-refractivity contribution in [3.8, 4) is 0 Å². The summed E-state index contributed by atoms with van der Waals surface area (Å²) in [4.78, 5) is 0. The Hall–Kier alpha value is -0.280. The molecule has 0 spiro atoms. The summed E-state index contributed by atoms with van der Waals surface area (Å²) in [7, 11) is 0. The summed E-state index contributed by atoms with van der Waals surface area (Å²) in [6, 6.07) is 1.97. The highest BCUT2D eigenvalue weighted by atomic mass is 79.9. The third-order valence-corrected chi connectivity index (χ3v) is 4.26. The predicted molar refractivity (Wildman–Crippen MR) is 64.9 cm³/mol. The van der Waals surface area contributed by atoms with Crippen molar-refractivity contribution < 1.29 is 4.42 Å². The Morgan fingerprint density at radius 3 is 2.87 bits per heavy atom. The highest BCUT2D eigenvalue weighted by Crippen LogP contribution is 2.33. The molecule has 0 amide bonds. The molecule has 1 saturated heterocycles. The van der Waals surface area contributed by atoms with Crippen molar-refractivity contribution in [1.82, 2.24) is 5.32 Å². The molecular weight excluding hydrogens is 254 g/mol. The number of furan rings is 1. The Morgan fingerprint density at radius 1 is 1.60 bits per heavy atom. The van der Waals surface area contributed by atoms with Crippen molar-refractivity contribution >= 4 is 15.9 Å². The third kappa shape index (κ3) is 2.13. The van der Waals surface area contributed by atoms with Crippen LogP contribution in [-0.2, 0) is 6.42 Å². The van der Waals surface area contributed by atoms with Crippen molar-refractivity contribution in [1.29, 1.82) is 0 Å². The van der Waals surface area contributed by atoms with Gasteiger partial charge in [-0.25, -0.2) is 0 Å². The Kier molecular flexibility index (Phi) is 3.21. The zero-order chi connectivity index (χ0) is 10.9. The molecule has 1 aliphatic heterocycles. The van der Waals surface area contributed by atoms with Gasteiger partial charge in [0.05, 0.1) is 10.7 Å². The summed E-state index contributed by atoms with van der Waals surface area (Å²) >= 11 is 3.53. The molecule has 2 nitrogen and oxygen atoms in total. The molecule has 1 aliphatic rings. The first-order valence-corrected chi connectivity index (χ1v) is 6.40. The lowest BCUT2D eigenvalue weighted by Gasteiger charge is -2.33. The molecule has 0 aliphatic carbocycles. The quantitative estimate of drug-likeness (QED) is 0.912. The van der Waals surface area contributed by atoms with Gasteiger partial charge < -0.3 is 9.73 Å². The van der Waals surface area contributed by atoms with Crippen LogP contribution in [0, 0.1) is 5.92 Å². The van der Waals surface area contributed by atoms with Gasteiger partial charge in [0, 0.05) is 12.0 Å². The third-order valence-electron chi connectivity index (χ3n) is 3.55. The summed E-state index contributed by atoms with van der Waals surface area (Å²) in [6.45, 7) is 5.71. The molecule has 0 saturated carbocycles. The van der Waals surface area contributed by atoms with Crippen LogP contribution in [0.25, 0.3) is 0 Å². The standard InChI is InChI=1S/C12H18BrNO/c1-9(2)12(5-3-6-14-12)8-11-10(13)4-7-15-11/h4,7,9,14H,3,5-6,8H2,1-2H3. The molecular formula is C12H18BrNO. The van der Waals surface area contributed by atoms with Gasteiger partial charge in [-0.15, -0.1) is 0 Å². The second kappa shape index (κ2) is 4.30. The van der Waals surface area contributed by atoms with Gasteiger partial charge in [-0.3, -0.25) is 0 Å². The molecule has 0 radical (unpaired) electrons. The number of rotatable bonds is 3. The topological polar surface area (TPSA) is 25.2 Å². The fourth-order valence-electron chi connectivity index (χ4n) is 2.42. The van der Waals surface area contributed by atoms with Crippen molar-refractivity contribution in [2.45, 2.75) is 38.6 Å². The molecule has 2 heterocycles. The Bertz CT molecular complexity index is 326. The summed E-state index contributed by atoms with van der Waals surface area (Å²) in [5.74, 6) is 1.70. The lowest BCUT2D eigenvalue weighted by Crippen LogP contribution is -2.46. The van der Waals surface area contributed by atoms with Crippen molar-refractivity contribution in [3.05, 3.63) is 22.6 Å². The molecule has 84 valence electrons. The molecule has 1 aromatic heterocycles. The maximum Gasteiger partial charge on any atom is 0.119 e. The molecule has 3 heteroatoms. The highest BCUT2D eigenvalue weighted by Gasteiger charge is 2.37. The normalized spacial score (nSPS) is 26.4. The summed E-state index contributed by atoms with van der Waals surface area (Å²) < 4.78 is 6.61. The van der Waals surface area contributed by atoms with Gasteiger partial charge in [0.2, 0.25) is 0 Å². The smallest absolute Gasteiger partial charge is 0.119 e. The van der Waals surface area contributed by atoms with Crippen molar-refractivity contribution in [2.24, 2.45) is 5.92 Å². The zero-order valence-electron chi connectivity index (χ0n) is 9.35. The fraction of sp³-hybridized carbons (Fsp3) is 0.667. The number of halogens is 1. The number of hydrogen-bond acceptors (Lipinski definition) is 2. The first-order valence-electron chi connectivity index (χ1n) is 5.61. The monoisotopic (exact) mass is 271 g/mol. The molecule has 1 aromatic rings. The molecule has 0 aromatic carbocycles. The van der Waals surface area contributed by atoms with E-state index >= 15 is 0 Å². The fourth-order valence-corrected chi connectivity index (χ4v) is 2.76. The van der Waals surface area contributed by atoms with Gasteiger partial charge in [0.15, 0.2) is 0 Å². The zero-order valence-corrected chi connectivity index (χ0v) is 10.9. The molecule has 1 N–H and O–H groups in total. The Balaban J connectivity index is 2.17. The lowest BCUT2D eigenvalue weighted by molar-refractivity contribution is 0.252. The van der Waals surface area contributed by atoms with E-state index in [1.807, 2.05) is 6.07 Å². The number of hydrogen-bond donors (Lipinski definition) is 1. The first-order chi connectivity index (χ1) is 7.14. The minimum atomic E-state index is 0.236. The second-order valence-corrected chi connectivity index (χ2v) is 5.56. The van der Waals surface area contributed by atoms with E-state index in [-0.39, 0.29) is 5.54 Å². The molecule has 1 fully saturated rings. The van der Waals surface area contributed by atoms with E-state index in [9.17, 15) is 0 Å². The van der Waals surface area contributed by atoms with Crippen LogP contribution < -0.4 is 5.32 Å². The van der Waals surface area contributed by atoms with E-state index in [1.54, 1.807) is 6.26 Å². The minimum absolute atomic E-state index is 0.236. The van der Waals surface area contributed by atoms with Gasteiger partial charge in [-0.2, -0.15) is 0 Å². The molecule has 2 rings (SSSR count). The van der Waals surface area contributed by atoms with Gasteiger partial charge in [0.25, 0.3) is 0 Å². The summed E-state index contributed by atoms with van der Waals surface area (Å²) in [5.41, 5.74) is 0.236. The molecule has 1 unspecified atom stereocenters. The highest BCUT2D eigenvalue weighted by molar-refractivity contribution is 9.10. The van der Waals surface area contributed by atoms with Crippen LogP contribution in [0.4, 0.5) is 0 Å². The van der Waals surface area contributed by atoms with Gasteiger partial charge >= 0.3 is 0 Å². The van der Waals surface area contributed by atoms with Crippen LogP contribution in [0.15, 0.2) is 21.2 Å². The van der Waals surface area contributed by atoms with Crippen LogP contribution in [0.1, 0.15) is 32.4 Å². The maximum absolute atomic E-state index is 5.51. The number of nitrogens with one attached hydrogen (secondary N) is 1. The maximum atomic E-state index is 5.51. The summed E-state index contributed by atoms with van der Waals surface area (Å²) in [5, 5.41) is 3.65. The Morgan fingerprint density at radius 2 is 2.40 bits per heavy atom. The van der Waals surface area contributed by atoms with E-state index in [0.29, 0.717) is 5.92 Å². The first kappa shape index (κ1) is 11.2. The average molecular weight is 272 g/mol. The Labute approximate surface area is 99.6 Å². The average Bonchev–Trinajstić information content (AvgIpc) is 2.78. The van der Waals surface area contributed by atoms with E-state index < -0.39 is 0 Å². The second-order valence-electron chi connectivity index (χ2n) is 4.71. The van der Waals surface area contributed by atoms with Gasteiger partial charge in [0.1, 0.15) is 5.76 Å². The van der Waals surface area contributed by atoms with Crippen molar-refractivity contribution in [2.75, 3.05) is 6.54 Å². The van der Waals surface area contributed by atoms with Crippen LogP contribution in [0.2, 0.25) is 0 Å². The van der Waals surface area contributed by atoms with E-state index in [2.05, 4.69) is 35.1 Å².